The van der Waals surface area contributed by atoms with Crippen LogP contribution >= 0.6 is 11.8 Å². The molecule has 1 unspecified atom stereocenters. The summed E-state index contributed by atoms with van der Waals surface area (Å²) in [6, 6.07) is 18.8. The monoisotopic (exact) mass is 350 g/mol. The van der Waals surface area contributed by atoms with Crippen LogP contribution in [0, 0.1) is 5.92 Å². The normalized spacial score (nSPS) is 19.8. The van der Waals surface area contributed by atoms with E-state index < -0.39 is 0 Å². The maximum absolute atomic E-state index is 2.35. The number of rotatable bonds is 8. The van der Waals surface area contributed by atoms with Crippen LogP contribution in [0.25, 0.3) is 0 Å². The van der Waals surface area contributed by atoms with Crippen molar-refractivity contribution in [2.45, 2.75) is 63.0 Å². The highest BCUT2D eigenvalue weighted by molar-refractivity contribution is 8.06. The minimum Gasteiger partial charge on any atom is -0.157 e. The first-order valence-electron chi connectivity index (χ1n) is 9.92. The van der Waals surface area contributed by atoms with Crippen molar-refractivity contribution in [3.63, 3.8) is 0 Å². The number of thioether (sulfide) groups is 1. The summed E-state index contributed by atoms with van der Waals surface area (Å²) in [6.45, 7) is 4.70. The Bertz CT molecular complexity index is 626. The average Bonchev–Trinajstić information content (AvgIpc) is 3.54. The molecule has 2 aromatic rings. The van der Waals surface area contributed by atoms with Gasteiger partial charge in [0, 0.05) is 16.4 Å². The van der Waals surface area contributed by atoms with Crippen LogP contribution in [0.2, 0.25) is 0 Å². The molecule has 25 heavy (non-hydrogen) atoms. The first kappa shape index (κ1) is 17.2. The molecule has 0 spiro atoms. The lowest BCUT2D eigenvalue weighted by Gasteiger charge is -2.26. The standard InChI is InChI=1S/C24H30S/c1-24(2,21-12-7-19(8-13-21)6-5-18-3-4-18)22-14-9-20(10-15-22)11-16-23-17-25-23/h7-10,12-15,18,23H,3-6,11,16-17H2,1-2H3. The molecule has 2 fully saturated rings. The van der Waals surface area contributed by atoms with Gasteiger partial charge in [-0.1, -0.05) is 75.2 Å². The minimum atomic E-state index is 0.0693. The van der Waals surface area contributed by atoms with E-state index >= 15 is 0 Å². The summed E-state index contributed by atoms with van der Waals surface area (Å²) < 4.78 is 0. The number of hydrogen-bond donors (Lipinski definition) is 0. The molecule has 1 aliphatic heterocycles. The summed E-state index contributed by atoms with van der Waals surface area (Å²) in [5.74, 6) is 2.40. The second-order valence-corrected chi connectivity index (χ2v) is 9.83. The highest BCUT2D eigenvalue weighted by Gasteiger charge is 2.24. The van der Waals surface area contributed by atoms with Gasteiger partial charge in [0.05, 0.1) is 0 Å². The molecule has 2 aromatic carbocycles. The van der Waals surface area contributed by atoms with Crippen molar-refractivity contribution in [2.24, 2.45) is 5.92 Å². The van der Waals surface area contributed by atoms with E-state index in [2.05, 4.69) is 74.1 Å². The molecule has 0 nitrogen and oxygen atoms in total. The van der Waals surface area contributed by atoms with Crippen molar-refractivity contribution >= 4 is 11.8 Å². The highest BCUT2D eigenvalue weighted by Crippen LogP contribution is 2.36. The Morgan fingerprint density at radius 1 is 0.800 bits per heavy atom. The fourth-order valence-electron chi connectivity index (χ4n) is 3.68. The summed E-state index contributed by atoms with van der Waals surface area (Å²) in [5.41, 5.74) is 5.90. The molecule has 0 aromatic heterocycles. The van der Waals surface area contributed by atoms with Gasteiger partial charge in [0.25, 0.3) is 0 Å². The van der Waals surface area contributed by atoms with E-state index in [0.717, 1.165) is 11.2 Å². The van der Waals surface area contributed by atoms with Crippen LogP contribution in [0.5, 0.6) is 0 Å². The van der Waals surface area contributed by atoms with Gasteiger partial charge in [-0.3, -0.25) is 0 Å². The van der Waals surface area contributed by atoms with E-state index in [1.54, 1.807) is 0 Å². The Morgan fingerprint density at radius 3 is 1.72 bits per heavy atom. The smallest absolute Gasteiger partial charge is 0.0146 e. The van der Waals surface area contributed by atoms with E-state index in [-0.39, 0.29) is 5.41 Å². The van der Waals surface area contributed by atoms with E-state index in [9.17, 15) is 0 Å². The third-order valence-electron chi connectivity index (χ3n) is 6.05. The van der Waals surface area contributed by atoms with Gasteiger partial charge in [-0.2, -0.15) is 11.8 Å². The Hall–Kier alpha value is -1.21. The first-order chi connectivity index (χ1) is 12.1. The lowest BCUT2D eigenvalue weighted by Crippen LogP contribution is -2.18. The van der Waals surface area contributed by atoms with E-state index in [4.69, 9.17) is 0 Å². The number of benzene rings is 2. The van der Waals surface area contributed by atoms with Crippen molar-refractivity contribution in [1.82, 2.24) is 0 Å². The largest absolute Gasteiger partial charge is 0.157 e. The molecule has 0 bridgehead atoms. The Morgan fingerprint density at radius 2 is 1.28 bits per heavy atom. The molecule has 0 N–H and O–H groups in total. The molecule has 1 heteroatoms. The van der Waals surface area contributed by atoms with Gasteiger partial charge in [0.1, 0.15) is 0 Å². The molecular formula is C24H30S. The van der Waals surface area contributed by atoms with Crippen molar-refractivity contribution in [3.05, 3.63) is 70.8 Å². The Labute approximate surface area is 157 Å². The maximum Gasteiger partial charge on any atom is 0.0146 e. The van der Waals surface area contributed by atoms with Gasteiger partial charge >= 0.3 is 0 Å². The third kappa shape index (κ3) is 4.50. The molecule has 132 valence electrons. The van der Waals surface area contributed by atoms with Gasteiger partial charge in [-0.15, -0.1) is 0 Å². The van der Waals surface area contributed by atoms with Gasteiger partial charge in [0.2, 0.25) is 0 Å². The van der Waals surface area contributed by atoms with Crippen LogP contribution in [0.4, 0.5) is 0 Å². The van der Waals surface area contributed by atoms with Crippen molar-refractivity contribution < 1.29 is 0 Å². The lowest BCUT2D eigenvalue weighted by molar-refractivity contribution is 0.639. The van der Waals surface area contributed by atoms with Crippen molar-refractivity contribution in [3.8, 4) is 0 Å². The van der Waals surface area contributed by atoms with Gasteiger partial charge in [-0.25, -0.2) is 0 Å². The quantitative estimate of drug-likeness (QED) is 0.496. The molecule has 1 heterocycles. The predicted octanol–water partition coefficient (Wildman–Crippen LogP) is 6.40. The second kappa shape index (κ2) is 7.19. The van der Waals surface area contributed by atoms with Crippen LogP contribution in [0.15, 0.2) is 48.5 Å². The van der Waals surface area contributed by atoms with Crippen LogP contribution in [0.3, 0.4) is 0 Å². The third-order valence-corrected chi connectivity index (χ3v) is 7.09. The summed E-state index contributed by atoms with van der Waals surface area (Å²) in [4.78, 5) is 0. The molecule has 0 radical (unpaired) electrons. The van der Waals surface area contributed by atoms with Crippen molar-refractivity contribution in [1.29, 1.82) is 0 Å². The fraction of sp³-hybridized carbons (Fsp3) is 0.500. The maximum atomic E-state index is 2.35. The van der Waals surface area contributed by atoms with Crippen molar-refractivity contribution in [2.75, 3.05) is 5.75 Å². The molecule has 4 rings (SSSR count). The average molecular weight is 351 g/mol. The first-order valence-corrected chi connectivity index (χ1v) is 11.0. The fourth-order valence-corrected chi connectivity index (χ4v) is 4.27. The molecule has 1 saturated heterocycles. The second-order valence-electron chi connectivity index (χ2n) is 8.49. The molecule has 1 saturated carbocycles. The zero-order chi connectivity index (χ0) is 17.3. The summed E-state index contributed by atoms with van der Waals surface area (Å²) >= 11 is 2.10. The summed E-state index contributed by atoms with van der Waals surface area (Å²) in [5, 5.41) is 0.939. The number of hydrogen-bond acceptors (Lipinski definition) is 1. The molecule has 2 aliphatic rings. The van der Waals surface area contributed by atoms with E-state index in [0.29, 0.717) is 0 Å². The molecule has 0 amide bonds. The zero-order valence-corrected chi connectivity index (χ0v) is 16.4. The predicted molar refractivity (Wildman–Crippen MR) is 111 cm³/mol. The van der Waals surface area contributed by atoms with Gasteiger partial charge < -0.3 is 0 Å². The summed E-state index contributed by atoms with van der Waals surface area (Å²) in [7, 11) is 0. The molecule has 1 atom stereocenters. The van der Waals surface area contributed by atoms with Crippen LogP contribution < -0.4 is 0 Å². The van der Waals surface area contributed by atoms with Gasteiger partial charge in [0.15, 0.2) is 0 Å². The lowest BCUT2D eigenvalue weighted by atomic mass is 9.77. The van der Waals surface area contributed by atoms with Crippen LogP contribution in [0.1, 0.15) is 61.8 Å². The van der Waals surface area contributed by atoms with E-state index in [1.165, 1.54) is 66.5 Å². The Kier molecular flexibility index (Phi) is 4.95. The summed E-state index contributed by atoms with van der Waals surface area (Å²) in [6.07, 6.45) is 8.12. The zero-order valence-electron chi connectivity index (χ0n) is 15.6. The number of aryl methyl sites for hydroxylation is 2. The highest BCUT2D eigenvalue weighted by atomic mass is 32.2. The molecular weight excluding hydrogens is 320 g/mol. The molecule has 1 aliphatic carbocycles. The SMILES string of the molecule is CC(C)(c1ccc(CCC2CC2)cc1)c1ccc(CCC2CS2)cc1. The topological polar surface area (TPSA) is 0 Å². The minimum absolute atomic E-state index is 0.0693. The van der Waals surface area contributed by atoms with E-state index in [1.807, 2.05) is 0 Å². The van der Waals surface area contributed by atoms with Crippen LogP contribution in [-0.4, -0.2) is 11.0 Å². The Balaban J connectivity index is 1.41. The van der Waals surface area contributed by atoms with Crippen LogP contribution in [-0.2, 0) is 18.3 Å². The van der Waals surface area contributed by atoms with Gasteiger partial charge in [-0.05, 0) is 53.9 Å².